The summed E-state index contributed by atoms with van der Waals surface area (Å²) >= 11 is 0. The summed E-state index contributed by atoms with van der Waals surface area (Å²) in [6.07, 6.45) is 3.71. The molecule has 0 unspecified atom stereocenters. The molecule has 7 rings (SSSR count). The highest BCUT2D eigenvalue weighted by Gasteiger charge is 2.23. The van der Waals surface area contributed by atoms with Crippen LogP contribution in [0.4, 0.5) is 0 Å². The molecule has 0 aliphatic heterocycles. The second kappa shape index (κ2) is 16.0. The van der Waals surface area contributed by atoms with Crippen LogP contribution in [0.3, 0.4) is 0 Å². The van der Waals surface area contributed by atoms with Gasteiger partial charge < -0.3 is 18.9 Å². The Morgan fingerprint density at radius 3 is 0.796 bits per heavy atom. The number of hydrogen-bond donors (Lipinski definition) is 0. The predicted octanol–water partition coefficient (Wildman–Crippen LogP) is 14.0. The fourth-order valence-electron chi connectivity index (χ4n) is 7.99. The molecule has 0 bridgehead atoms. The van der Waals surface area contributed by atoms with Crippen LogP contribution in [0.1, 0.15) is 75.6 Å². The molecule has 0 amide bonds. The lowest BCUT2D eigenvalue weighted by Crippen LogP contribution is -2.02. The van der Waals surface area contributed by atoms with Crippen LogP contribution in [0.15, 0.2) is 84.9 Å². The molecule has 0 fully saturated rings. The molecule has 7 aromatic carbocycles. The smallest absolute Gasteiger partial charge is 0.161 e. The molecule has 4 nitrogen and oxygen atoms in total. The van der Waals surface area contributed by atoms with E-state index in [1.807, 2.05) is 0 Å². The van der Waals surface area contributed by atoms with Gasteiger partial charge in [0.05, 0.1) is 26.4 Å². The number of fused-ring (bicyclic) bond motifs is 4. The van der Waals surface area contributed by atoms with E-state index in [0.29, 0.717) is 26.4 Å². The van der Waals surface area contributed by atoms with Gasteiger partial charge in [-0.05, 0) is 190 Å². The molecule has 0 heterocycles. The van der Waals surface area contributed by atoms with E-state index in [2.05, 4.69) is 140 Å². The van der Waals surface area contributed by atoms with Gasteiger partial charge in [0.25, 0.3) is 0 Å². The van der Waals surface area contributed by atoms with E-state index in [0.717, 1.165) is 70.2 Å². The maximum absolute atomic E-state index is 6.33. The topological polar surface area (TPSA) is 36.9 Å². The predicted molar refractivity (Wildman–Crippen MR) is 229 cm³/mol. The number of aryl methyl sites for hydroxylation is 4. The highest BCUT2D eigenvalue weighted by atomic mass is 16.5. The van der Waals surface area contributed by atoms with E-state index < -0.39 is 0 Å². The van der Waals surface area contributed by atoms with Crippen molar-refractivity contribution in [3.8, 4) is 45.3 Å². The van der Waals surface area contributed by atoms with Crippen LogP contribution in [0, 0.1) is 27.7 Å². The summed E-state index contributed by atoms with van der Waals surface area (Å²) in [7, 11) is 0. The molecule has 0 aliphatic rings. The van der Waals surface area contributed by atoms with Crippen LogP contribution < -0.4 is 18.9 Å². The third-order valence-electron chi connectivity index (χ3n) is 10.5. The maximum atomic E-state index is 6.33. The van der Waals surface area contributed by atoms with Gasteiger partial charge in [0.2, 0.25) is 0 Å². The largest absolute Gasteiger partial charge is 0.490 e. The summed E-state index contributed by atoms with van der Waals surface area (Å²) in [6.45, 7) is 20.1. The minimum absolute atomic E-state index is 0.638. The van der Waals surface area contributed by atoms with Gasteiger partial charge in [0, 0.05) is 0 Å². The highest BCUT2D eigenvalue weighted by Crippen LogP contribution is 2.50. The second-order valence-electron chi connectivity index (χ2n) is 14.8. The Hall–Kier alpha value is -5.22. The van der Waals surface area contributed by atoms with E-state index in [-0.39, 0.29) is 0 Å². The molecule has 0 saturated carbocycles. The Morgan fingerprint density at radius 2 is 0.574 bits per heavy atom. The van der Waals surface area contributed by atoms with Crippen molar-refractivity contribution in [3.05, 3.63) is 107 Å². The van der Waals surface area contributed by atoms with Crippen LogP contribution in [0.25, 0.3) is 65.3 Å². The SMILES string of the molecule is CCCOc1cc2cc3c(-c4c(C)cccc4C)c4cc5cc(OCCC)c(OCCC)cc5cc4c(-c4c(C)cccc4C)c3cc2cc1OCCC. The third kappa shape index (κ3) is 6.95. The van der Waals surface area contributed by atoms with Crippen molar-refractivity contribution in [3.63, 3.8) is 0 Å². The van der Waals surface area contributed by atoms with Crippen LogP contribution >= 0.6 is 0 Å². The van der Waals surface area contributed by atoms with Gasteiger partial charge in [0.1, 0.15) is 0 Å². The van der Waals surface area contributed by atoms with Crippen molar-refractivity contribution in [2.45, 2.75) is 81.1 Å². The number of rotatable bonds is 14. The summed E-state index contributed by atoms with van der Waals surface area (Å²) in [5, 5.41) is 9.40. The van der Waals surface area contributed by atoms with Crippen molar-refractivity contribution < 1.29 is 18.9 Å². The van der Waals surface area contributed by atoms with Crippen molar-refractivity contribution in [1.82, 2.24) is 0 Å². The molecule has 7 aromatic rings. The molecule has 0 spiro atoms. The minimum atomic E-state index is 0.638. The number of ether oxygens (including phenoxy) is 4. The average molecular weight is 719 g/mol. The third-order valence-corrected chi connectivity index (χ3v) is 10.5. The summed E-state index contributed by atoms with van der Waals surface area (Å²) in [5.74, 6) is 3.20. The first kappa shape index (κ1) is 37.1. The fraction of sp³-hybridized carbons (Fsp3) is 0.320. The highest BCUT2D eigenvalue weighted by molar-refractivity contribution is 6.26. The Balaban J connectivity index is 1.70. The van der Waals surface area contributed by atoms with Gasteiger partial charge in [-0.1, -0.05) is 64.1 Å². The van der Waals surface area contributed by atoms with Crippen molar-refractivity contribution in [2.75, 3.05) is 26.4 Å². The molecular weight excluding hydrogens is 665 g/mol. The Bertz CT molecular complexity index is 2160. The lowest BCUT2D eigenvalue weighted by molar-refractivity contribution is 0.269. The van der Waals surface area contributed by atoms with E-state index in [9.17, 15) is 0 Å². The van der Waals surface area contributed by atoms with Crippen molar-refractivity contribution >= 4 is 43.1 Å². The first-order valence-electron chi connectivity index (χ1n) is 19.9. The molecule has 278 valence electrons. The van der Waals surface area contributed by atoms with Gasteiger partial charge in [-0.15, -0.1) is 0 Å². The zero-order valence-electron chi connectivity index (χ0n) is 33.4. The summed E-state index contributed by atoms with van der Waals surface area (Å²) in [4.78, 5) is 0. The zero-order chi connectivity index (χ0) is 37.9. The van der Waals surface area contributed by atoms with Crippen molar-refractivity contribution in [2.24, 2.45) is 0 Å². The Morgan fingerprint density at radius 1 is 0.333 bits per heavy atom. The van der Waals surface area contributed by atoms with Crippen LogP contribution in [-0.4, -0.2) is 26.4 Å². The molecular formula is C50H54O4. The molecule has 0 radical (unpaired) electrons. The maximum Gasteiger partial charge on any atom is 0.161 e. The molecule has 0 aromatic heterocycles. The Kier molecular flexibility index (Phi) is 11.0. The van der Waals surface area contributed by atoms with Crippen LogP contribution in [0.2, 0.25) is 0 Å². The van der Waals surface area contributed by atoms with Gasteiger partial charge in [-0.25, -0.2) is 0 Å². The lowest BCUT2D eigenvalue weighted by Gasteiger charge is -2.23. The second-order valence-corrected chi connectivity index (χ2v) is 14.8. The van der Waals surface area contributed by atoms with Crippen LogP contribution in [0.5, 0.6) is 23.0 Å². The molecule has 0 atom stereocenters. The van der Waals surface area contributed by atoms with E-state index in [4.69, 9.17) is 18.9 Å². The summed E-state index contributed by atoms with van der Waals surface area (Å²) in [5.41, 5.74) is 10.1. The quantitative estimate of drug-likeness (QED) is 0.105. The monoisotopic (exact) mass is 718 g/mol. The summed E-state index contributed by atoms with van der Waals surface area (Å²) in [6, 6.07) is 31.6. The van der Waals surface area contributed by atoms with E-state index in [1.54, 1.807) is 0 Å². The van der Waals surface area contributed by atoms with Crippen molar-refractivity contribution in [1.29, 1.82) is 0 Å². The van der Waals surface area contributed by atoms with Gasteiger partial charge >= 0.3 is 0 Å². The number of benzene rings is 7. The fourth-order valence-corrected chi connectivity index (χ4v) is 7.99. The van der Waals surface area contributed by atoms with Gasteiger partial charge in [-0.2, -0.15) is 0 Å². The molecule has 0 N–H and O–H groups in total. The molecule has 0 aliphatic carbocycles. The van der Waals surface area contributed by atoms with Gasteiger partial charge in [-0.3, -0.25) is 0 Å². The van der Waals surface area contributed by atoms with E-state index in [1.165, 1.54) is 66.1 Å². The number of hydrogen-bond acceptors (Lipinski definition) is 4. The average Bonchev–Trinajstić information content (AvgIpc) is 3.16. The minimum Gasteiger partial charge on any atom is -0.490 e. The molecule has 4 heteroatoms. The lowest BCUT2D eigenvalue weighted by atomic mass is 9.80. The first-order chi connectivity index (χ1) is 26.3. The zero-order valence-corrected chi connectivity index (χ0v) is 33.4. The normalized spacial score (nSPS) is 11.6. The Labute approximate surface area is 321 Å². The standard InChI is InChI=1S/C50H54O4/c1-9-19-51-43-27-35-23-39-40(24-36(35)28-44(43)52-20-10-2)50(48-33(7)17-14-18-34(48)8)42-26-38-30-46(54-22-12-4)45(53-21-11-3)29-37(38)25-41(42)49(39)47-31(5)15-13-16-32(47)6/h13-18,23-30H,9-12,19-22H2,1-8H3. The molecule has 54 heavy (non-hydrogen) atoms. The summed E-state index contributed by atoms with van der Waals surface area (Å²) < 4.78 is 25.3. The first-order valence-corrected chi connectivity index (χ1v) is 19.9. The van der Waals surface area contributed by atoms with Crippen LogP contribution in [-0.2, 0) is 0 Å². The van der Waals surface area contributed by atoms with Gasteiger partial charge in [0.15, 0.2) is 23.0 Å². The van der Waals surface area contributed by atoms with E-state index >= 15 is 0 Å². The molecule has 0 saturated heterocycles.